The number of aliphatic hydroxyl groups excluding tert-OH is 1. The molecule has 1 amide bonds. The SMILES string of the molecule is O=C(CSc1ccc2c(c1)CCC2)N[C@H](CCO)C(=O)O. The molecule has 1 atom stereocenters. The Morgan fingerprint density at radius 1 is 1.29 bits per heavy atom. The van der Waals surface area contributed by atoms with E-state index in [1.165, 1.54) is 29.3 Å². The van der Waals surface area contributed by atoms with E-state index < -0.39 is 12.0 Å². The highest BCUT2D eigenvalue weighted by Gasteiger charge is 2.19. The van der Waals surface area contributed by atoms with E-state index in [0.717, 1.165) is 17.7 Å². The van der Waals surface area contributed by atoms with E-state index in [4.69, 9.17) is 10.2 Å². The Bertz CT molecular complexity index is 532. The zero-order chi connectivity index (χ0) is 15.2. The molecule has 114 valence electrons. The number of hydrogen-bond donors (Lipinski definition) is 3. The summed E-state index contributed by atoms with van der Waals surface area (Å²) in [6, 6.07) is 5.20. The number of hydrogen-bond acceptors (Lipinski definition) is 4. The molecule has 0 fully saturated rings. The van der Waals surface area contributed by atoms with Gasteiger partial charge in [0.1, 0.15) is 6.04 Å². The van der Waals surface area contributed by atoms with Gasteiger partial charge in [0.05, 0.1) is 5.75 Å². The molecule has 0 unspecified atom stereocenters. The summed E-state index contributed by atoms with van der Waals surface area (Å²) in [4.78, 5) is 23.7. The van der Waals surface area contributed by atoms with Crippen LogP contribution in [0.5, 0.6) is 0 Å². The van der Waals surface area contributed by atoms with Crippen molar-refractivity contribution in [1.82, 2.24) is 5.32 Å². The van der Waals surface area contributed by atoms with Crippen LogP contribution in [-0.2, 0) is 22.4 Å². The van der Waals surface area contributed by atoms with Crippen LogP contribution < -0.4 is 5.32 Å². The number of benzene rings is 1. The monoisotopic (exact) mass is 309 g/mol. The van der Waals surface area contributed by atoms with Gasteiger partial charge in [-0.05, 0) is 42.5 Å². The number of carbonyl (C=O) groups excluding carboxylic acids is 1. The van der Waals surface area contributed by atoms with Crippen LogP contribution in [0.3, 0.4) is 0 Å². The molecule has 2 rings (SSSR count). The summed E-state index contributed by atoms with van der Waals surface area (Å²) < 4.78 is 0. The number of carbonyl (C=O) groups is 2. The Labute approximate surface area is 127 Å². The lowest BCUT2D eigenvalue weighted by Gasteiger charge is -2.13. The third-order valence-electron chi connectivity index (χ3n) is 3.49. The summed E-state index contributed by atoms with van der Waals surface area (Å²) in [6.45, 7) is -0.269. The van der Waals surface area contributed by atoms with Crippen molar-refractivity contribution in [1.29, 1.82) is 0 Å². The van der Waals surface area contributed by atoms with Gasteiger partial charge in [0.2, 0.25) is 5.91 Å². The first kappa shape index (κ1) is 15.9. The van der Waals surface area contributed by atoms with Gasteiger partial charge in [0.25, 0.3) is 0 Å². The van der Waals surface area contributed by atoms with Crippen molar-refractivity contribution in [2.24, 2.45) is 0 Å². The molecule has 1 aromatic carbocycles. The zero-order valence-corrected chi connectivity index (χ0v) is 12.5. The Hall–Kier alpha value is -1.53. The zero-order valence-electron chi connectivity index (χ0n) is 11.7. The number of thioether (sulfide) groups is 1. The molecule has 5 nitrogen and oxygen atoms in total. The molecule has 0 spiro atoms. The lowest BCUT2D eigenvalue weighted by atomic mass is 10.1. The van der Waals surface area contributed by atoms with Gasteiger partial charge < -0.3 is 15.5 Å². The van der Waals surface area contributed by atoms with E-state index >= 15 is 0 Å². The lowest BCUT2D eigenvalue weighted by molar-refractivity contribution is -0.141. The average molecular weight is 309 g/mol. The van der Waals surface area contributed by atoms with Crippen molar-refractivity contribution in [2.45, 2.75) is 36.6 Å². The van der Waals surface area contributed by atoms with Crippen LogP contribution in [-0.4, -0.2) is 40.5 Å². The minimum absolute atomic E-state index is 0.0184. The number of aliphatic hydroxyl groups is 1. The summed E-state index contributed by atoms with van der Waals surface area (Å²) in [5, 5.41) is 20.1. The summed E-state index contributed by atoms with van der Waals surface area (Å²) in [6.07, 6.45) is 3.42. The molecule has 1 aromatic rings. The first-order chi connectivity index (χ1) is 10.1. The molecule has 21 heavy (non-hydrogen) atoms. The predicted molar refractivity (Wildman–Crippen MR) is 80.5 cm³/mol. The van der Waals surface area contributed by atoms with E-state index in [2.05, 4.69) is 17.4 Å². The number of aryl methyl sites for hydroxylation is 2. The lowest BCUT2D eigenvalue weighted by Crippen LogP contribution is -2.42. The molecule has 0 bridgehead atoms. The molecule has 0 aliphatic heterocycles. The first-order valence-electron chi connectivity index (χ1n) is 6.98. The van der Waals surface area contributed by atoms with Gasteiger partial charge in [0, 0.05) is 17.9 Å². The highest BCUT2D eigenvalue weighted by atomic mass is 32.2. The molecule has 0 saturated heterocycles. The molecule has 0 radical (unpaired) electrons. The highest BCUT2D eigenvalue weighted by Crippen LogP contribution is 2.27. The van der Waals surface area contributed by atoms with Gasteiger partial charge in [-0.2, -0.15) is 0 Å². The van der Waals surface area contributed by atoms with Crippen molar-refractivity contribution in [2.75, 3.05) is 12.4 Å². The van der Waals surface area contributed by atoms with Gasteiger partial charge in [-0.3, -0.25) is 4.79 Å². The predicted octanol–water partition coefficient (Wildman–Crippen LogP) is 1.22. The van der Waals surface area contributed by atoms with Gasteiger partial charge in [-0.15, -0.1) is 11.8 Å². The number of rotatable bonds is 7. The number of fused-ring (bicyclic) bond motifs is 1. The van der Waals surface area contributed by atoms with Crippen LogP contribution in [0.25, 0.3) is 0 Å². The van der Waals surface area contributed by atoms with Gasteiger partial charge in [0.15, 0.2) is 0 Å². The summed E-state index contributed by atoms with van der Waals surface area (Å²) in [5.41, 5.74) is 2.74. The van der Waals surface area contributed by atoms with E-state index in [9.17, 15) is 9.59 Å². The van der Waals surface area contributed by atoms with E-state index in [1.807, 2.05) is 6.07 Å². The molecular formula is C15H19NO4S. The summed E-state index contributed by atoms with van der Waals surface area (Å²) >= 11 is 1.40. The topological polar surface area (TPSA) is 86.6 Å². The molecule has 1 aliphatic carbocycles. The van der Waals surface area contributed by atoms with E-state index in [-0.39, 0.29) is 24.7 Å². The quantitative estimate of drug-likeness (QED) is 0.659. The van der Waals surface area contributed by atoms with Crippen molar-refractivity contribution in [3.8, 4) is 0 Å². The number of carboxylic acid groups (broad SMARTS) is 1. The Kier molecular flexibility index (Phi) is 5.64. The van der Waals surface area contributed by atoms with Crippen LogP contribution in [0.2, 0.25) is 0 Å². The maximum atomic E-state index is 11.8. The average Bonchev–Trinajstić information content (AvgIpc) is 2.92. The fourth-order valence-electron chi connectivity index (χ4n) is 2.41. The first-order valence-corrected chi connectivity index (χ1v) is 7.96. The summed E-state index contributed by atoms with van der Waals surface area (Å²) in [7, 11) is 0. The van der Waals surface area contributed by atoms with Crippen molar-refractivity contribution >= 4 is 23.6 Å². The molecule has 3 N–H and O–H groups in total. The largest absolute Gasteiger partial charge is 0.480 e. The van der Waals surface area contributed by atoms with E-state index in [0.29, 0.717) is 0 Å². The van der Waals surface area contributed by atoms with Crippen molar-refractivity contribution in [3.05, 3.63) is 29.3 Å². The van der Waals surface area contributed by atoms with E-state index in [1.54, 1.807) is 0 Å². The fourth-order valence-corrected chi connectivity index (χ4v) is 3.18. The number of carboxylic acids is 1. The third-order valence-corrected chi connectivity index (χ3v) is 4.48. The molecule has 6 heteroatoms. The number of amides is 1. The van der Waals surface area contributed by atoms with Gasteiger partial charge >= 0.3 is 5.97 Å². The fraction of sp³-hybridized carbons (Fsp3) is 0.467. The highest BCUT2D eigenvalue weighted by molar-refractivity contribution is 8.00. The summed E-state index contributed by atoms with van der Waals surface area (Å²) in [5.74, 6) is -1.28. The maximum absolute atomic E-state index is 11.8. The van der Waals surface area contributed by atoms with Crippen LogP contribution in [0.1, 0.15) is 24.0 Å². The maximum Gasteiger partial charge on any atom is 0.326 e. The Balaban J connectivity index is 1.84. The van der Waals surface area contributed by atoms with Crippen molar-refractivity contribution < 1.29 is 19.8 Å². The standard InChI is InChI=1S/C15H19NO4S/c17-7-6-13(15(19)20)16-14(18)9-21-12-5-4-10-2-1-3-11(10)8-12/h4-5,8,13,17H,1-3,6-7,9H2,(H,16,18)(H,19,20)/t13-/m1/s1. The second kappa shape index (κ2) is 7.47. The Morgan fingerprint density at radius 2 is 2.05 bits per heavy atom. The van der Waals surface area contributed by atoms with Crippen LogP contribution >= 0.6 is 11.8 Å². The van der Waals surface area contributed by atoms with Gasteiger partial charge in [-0.1, -0.05) is 6.07 Å². The molecule has 1 aliphatic rings. The molecule has 0 heterocycles. The molecule has 0 saturated carbocycles. The smallest absolute Gasteiger partial charge is 0.326 e. The Morgan fingerprint density at radius 3 is 2.76 bits per heavy atom. The third kappa shape index (κ3) is 4.47. The molecular weight excluding hydrogens is 290 g/mol. The minimum atomic E-state index is -1.13. The normalized spacial score (nSPS) is 14.5. The number of aliphatic carboxylic acids is 1. The van der Waals surface area contributed by atoms with Crippen LogP contribution in [0.15, 0.2) is 23.1 Å². The van der Waals surface area contributed by atoms with Gasteiger partial charge in [-0.25, -0.2) is 4.79 Å². The number of nitrogens with one attached hydrogen (secondary N) is 1. The van der Waals surface area contributed by atoms with Crippen LogP contribution in [0.4, 0.5) is 0 Å². The van der Waals surface area contributed by atoms with Crippen molar-refractivity contribution in [3.63, 3.8) is 0 Å². The van der Waals surface area contributed by atoms with Crippen LogP contribution in [0, 0.1) is 0 Å². The minimum Gasteiger partial charge on any atom is -0.480 e. The second-order valence-electron chi connectivity index (χ2n) is 5.04. The molecule has 0 aromatic heterocycles. The second-order valence-corrected chi connectivity index (χ2v) is 6.09.